The summed E-state index contributed by atoms with van der Waals surface area (Å²) in [6.07, 6.45) is 0.447. The van der Waals surface area contributed by atoms with Gasteiger partial charge in [0.1, 0.15) is 17.6 Å². The summed E-state index contributed by atoms with van der Waals surface area (Å²) >= 11 is 0. The summed E-state index contributed by atoms with van der Waals surface area (Å²) in [6, 6.07) is 12.2. The molecule has 2 aliphatic rings. The monoisotopic (exact) mass is 537 g/mol. The zero-order valence-corrected chi connectivity index (χ0v) is 21.7. The van der Waals surface area contributed by atoms with Crippen LogP contribution in [-0.4, -0.2) is 65.5 Å². The number of nitrogens with zero attached hydrogens (tertiary/aromatic N) is 4. The lowest BCUT2D eigenvalue weighted by atomic mass is 10.0. The van der Waals surface area contributed by atoms with Gasteiger partial charge in [-0.1, -0.05) is 23.4 Å². The van der Waals surface area contributed by atoms with Crippen molar-refractivity contribution in [2.45, 2.75) is 44.9 Å². The topological polar surface area (TPSA) is 159 Å². The van der Waals surface area contributed by atoms with E-state index in [1.54, 1.807) is 24.3 Å². The van der Waals surface area contributed by atoms with Crippen molar-refractivity contribution in [3.05, 3.63) is 53.1 Å². The van der Waals surface area contributed by atoms with Crippen LogP contribution < -0.4 is 9.46 Å². The fraction of sp³-hybridized carbons (Fsp3) is 0.385. The quantitative estimate of drug-likeness (QED) is 0.439. The first-order valence-electron chi connectivity index (χ1n) is 12.3. The molecule has 2 heterocycles. The highest BCUT2D eigenvalue weighted by Gasteiger charge is 2.34. The maximum atomic E-state index is 12.7. The first-order valence-corrected chi connectivity index (χ1v) is 13.9. The molecule has 5 rings (SSSR count). The number of likely N-dealkylation sites (tertiary alicyclic amines) is 1. The molecule has 12 heteroatoms. The summed E-state index contributed by atoms with van der Waals surface area (Å²) in [5.74, 6) is -0.115. The van der Waals surface area contributed by atoms with Gasteiger partial charge < -0.3 is 19.3 Å². The Hall–Kier alpha value is -3.79. The average molecular weight is 538 g/mol. The average Bonchev–Trinajstić information content (AvgIpc) is 3.49. The number of carbonyl (C=O) groups excluding carboxylic acids is 1. The van der Waals surface area contributed by atoms with Crippen LogP contribution in [0, 0.1) is 11.3 Å². The van der Waals surface area contributed by atoms with E-state index < -0.39 is 33.8 Å². The van der Waals surface area contributed by atoms with Gasteiger partial charge in [-0.05, 0) is 56.0 Å². The van der Waals surface area contributed by atoms with E-state index in [-0.39, 0.29) is 25.1 Å². The molecule has 11 nitrogen and oxygen atoms in total. The summed E-state index contributed by atoms with van der Waals surface area (Å²) in [7, 11) is -3.88. The number of fused-ring (bicyclic) bond motifs is 1. The third-order valence-electron chi connectivity index (χ3n) is 6.50. The number of nitriles is 1. The molecule has 1 amide bonds. The molecule has 2 N–H and O–H groups in total. The number of aliphatic hydroxyl groups is 1. The van der Waals surface area contributed by atoms with E-state index in [0.717, 1.165) is 16.7 Å². The molecule has 0 unspecified atom stereocenters. The molecular weight excluding hydrogens is 510 g/mol. The van der Waals surface area contributed by atoms with Crippen molar-refractivity contribution in [1.29, 1.82) is 5.26 Å². The van der Waals surface area contributed by atoms with Gasteiger partial charge in [-0.25, -0.2) is 13.1 Å². The molecular formula is C26H27N5O6S. The molecule has 0 bridgehead atoms. The van der Waals surface area contributed by atoms with Crippen LogP contribution >= 0.6 is 0 Å². The third kappa shape index (κ3) is 5.26. The molecule has 1 saturated heterocycles. The summed E-state index contributed by atoms with van der Waals surface area (Å²) in [5, 5.41) is 23.0. The maximum Gasteiger partial charge on any atom is 0.258 e. The minimum atomic E-state index is -3.88. The Bertz CT molecular complexity index is 1520. The number of nitrogens with one attached hydrogen (secondary N) is 1. The number of β-amino-alcohol motifs (C(OH)–C–C–N with tert-alkyl or cyclic N) is 1. The lowest BCUT2D eigenvalue weighted by Crippen LogP contribution is -2.55. The van der Waals surface area contributed by atoms with Crippen molar-refractivity contribution in [3.8, 4) is 34.7 Å². The van der Waals surface area contributed by atoms with E-state index in [9.17, 15) is 23.6 Å². The van der Waals surface area contributed by atoms with Crippen LogP contribution in [0.4, 0.5) is 0 Å². The summed E-state index contributed by atoms with van der Waals surface area (Å²) in [5.41, 5.74) is 3.36. The second-order valence-corrected chi connectivity index (χ2v) is 11.5. The van der Waals surface area contributed by atoms with Gasteiger partial charge in [0, 0.05) is 30.3 Å². The minimum absolute atomic E-state index is 0.0773. The summed E-state index contributed by atoms with van der Waals surface area (Å²) in [4.78, 5) is 18.1. The van der Waals surface area contributed by atoms with Crippen LogP contribution in [0.25, 0.3) is 22.8 Å². The number of hydrogen-bond acceptors (Lipinski definition) is 9. The second kappa shape index (κ2) is 10.2. The standard InChI is InChI=1S/C26H27N5O6S/c1-15(2)36-23-9-6-16(10-17(23)11-27)26-28-25(29-37-26)21-5-3-4-20-19(21)7-8-22(20)30-38(34,35)14-24(33)31-12-18(32)13-31/h3-6,9-10,15,18,22,30,32H,7-8,12-14H2,1-2H3/t22-/m0/s1. The van der Waals surface area contributed by atoms with E-state index in [2.05, 4.69) is 20.9 Å². The molecule has 0 saturated carbocycles. The molecule has 38 heavy (non-hydrogen) atoms. The van der Waals surface area contributed by atoms with Crippen molar-refractivity contribution in [2.24, 2.45) is 0 Å². The number of rotatable bonds is 8. The lowest BCUT2D eigenvalue weighted by Gasteiger charge is -2.35. The molecule has 3 aromatic rings. The maximum absolute atomic E-state index is 12.7. The Morgan fingerprint density at radius 1 is 1.32 bits per heavy atom. The highest BCUT2D eigenvalue weighted by molar-refractivity contribution is 7.90. The van der Waals surface area contributed by atoms with Gasteiger partial charge in [0.15, 0.2) is 0 Å². The predicted molar refractivity (Wildman–Crippen MR) is 136 cm³/mol. The van der Waals surface area contributed by atoms with Crippen LogP contribution in [0.3, 0.4) is 0 Å². The van der Waals surface area contributed by atoms with E-state index in [4.69, 9.17) is 9.26 Å². The number of amides is 1. The Kier molecular flexibility index (Phi) is 6.92. The van der Waals surface area contributed by atoms with E-state index >= 15 is 0 Å². The fourth-order valence-electron chi connectivity index (χ4n) is 4.71. The molecule has 1 aliphatic heterocycles. The fourth-order valence-corrected chi connectivity index (χ4v) is 5.98. The van der Waals surface area contributed by atoms with Gasteiger partial charge in [-0.2, -0.15) is 10.2 Å². The number of aliphatic hydroxyl groups excluding tert-OH is 1. The lowest BCUT2D eigenvalue weighted by molar-refractivity contribution is -0.138. The van der Waals surface area contributed by atoms with E-state index in [0.29, 0.717) is 35.5 Å². The van der Waals surface area contributed by atoms with Crippen molar-refractivity contribution in [1.82, 2.24) is 19.8 Å². The number of aromatic nitrogens is 2. The Morgan fingerprint density at radius 2 is 2.11 bits per heavy atom. The molecule has 1 aromatic heterocycles. The predicted octanol–water partition coefficient (Wildman–Crippen LogP) is 2.17. The van der Waals surface area contributed by atoms with E-state index in [1.165, 1.54) is 4.90 Å². The molecule has 1 atom stereocenters. The second-order valence-electron chi connectivity index (χ2n) is 9.71. The summed E-state index contributed by atoms with van der Waals surface area (Å²) in [6.45, 7) is 4.08. The van der Waals surface area contributed by atoms with E-state index in [1.807, 2.05) is 26.0 Å². The van der Waals surface area contributed by atoms with Crippen LogP contribution in [0.15, 0.2) is 40.9 Å². The smallest absolute Gasteiger partial charge is 0.258 e. The Labute approximate surface area is 220 Å². The Morgan fingerprint density at radius 3 is 2.82 bits per heavy atom. The Balaban J connectivity index is 1.34. The van der Waals surface area contributed by atoms with Gasteiger partial charge in [0.2, 0.25) is 21.8 Å². The van der Waals surface area contributed by atoms with Crippen LogP contribution in [0.1, 0.15) is 43.0 Å². The first-order chi connectivity index (χ1) is 18.1. The van der Waals surface area contributed by atoms with Gasteiger partial charge >= 0.3 is 0 Å². The zero-order chi connectivity index (χ0) is 27.0. The molecule has 2 aromatic carbocycles. The third-order valence-corrected chi connectivity index (χ3v) is 7.77. The largest absolute Gasteiger partial charge is 0.490 e. The van der Waals surface area contributed by atoms with Crippen molar-refractivity contribution < 1.29 is 27.6 Å². The highest BCUT2D eigenvalue weighted by Crippen LogP contribution is 2.38. The van der Waals surface area contributed by atoms with Crippen molar-refractivity contribution >= 4 is 15.9 Å². The summed E-state index contributed by atoms with van der Waals surface area (Å²) < 4.78 is 39.2. The number of carbonyl (C=O) groups is 1. The zero-order valence-electron chi connectivity index (χ0n) is 20.9. The number of benzene rings is 2. The van der Waals surface area contributed by atoms with Gasteiger partial charge in [-0.3, -0.25) is 4.79 Å². The van der Waals surface area contributed by atoms with Crippen LogP contribution in [0.5, 0.6) is 5.75 Å². The van der Waals surface area contributed by atoms with Gasteiger partial charge in [0.05, 0.1) is 17.8 Å². The van der Waals surface area contributed by atoms with Crippen LogP contribution in [0.2, 0.25) is 0 Å². The normalized spacial score (nSPS) is 17.2. The van der Waals surface area contributed by atoms with Gasteiger partial charge in [0.25, 0.3) is 5.89 Å². The molecule has 1 aliphatic carbocycles. The number of hydrogen-bond donors (Lipinski definition) is 2. The molecule has 0 radical (unpaired) electrons. The van der Waals surface area contributed by atoms with Gasteiger partial charge in [-0.15, -0.1) is 0 Å². The highest BCUT2D eigenvalue weighted by atomic mass is 32.2. The number of sulfonamides is 1. The van der Waals surface area contributed by atoms with Crippen molar-refractivity contribution in [3.63, 3.8) is 0 Å². The SMILES string of the molecule is CC(C)Oc1ccc(-c2nc(-c3cccc4c3CC[C@@H]4NS(=O)(=O)CC(=O)N3CC(O)C3)no2)cc1C#N. The molecule has 1 fully saturated rings. The molecule has 0 spiro atoms. The first kappa shape index (κ1) is 25.8. The van der Waals surface area contributed by atoms with Crippen molar-refractivity contribution in [2.75, 3.05) is 18.8 Å². The number of ether oxygens (including phenoxy) is 1. The minimum Gasteiger partial charge on any atom is -0.490 e. The molecule has 198 valence electrons. The van der Waals surface area contributed by atoms with Crippen LogP contribution in [-0.2, 0) is 21.2 Å².